The number of hydrogen-bond donors (Lipinski definition) is 1. The molecule has 0 radical (unpaired) electrons. The van der Waals surface area contributed by atoms with Gasteiger partial charge in [-0.2, -0.15) is 24.7 Å². The lowest BCUT2D eigenvalue weighted by molar-refractivity contribution is 0.0531. The first kappa shape index (κ1) is 15.1. The Kier molecular flexibility index (Phi) is 5.38. The molecule has 0 unspecified atom stereocenters. The van der Waals surface area contributed by atoms with Gasteiger partial charge in [-0.1, -0.05) is 0 Å². The van der Waals surface area contributed by atoms with Crippen molar-refractivity contribution in [2.24, 2.45) is 0 Å². The summed E-state index contributed by atoms with van der Waals surface area (Å²) in [6, 6.07) is 0.221. The Bertz CT molecular complexity index is 545. The van der Waals surface area contributed by atoms with Crippen LogP contribution in [0.3, 0.4) is 0 Å². The molecule has 2 heterocycles. The zero-order valence-electron chi connectivity index (χ0n) is 12.4. The molecule has 21 heavy (non-hydrogen) atoms. The summed E-state index contributed by atoms with van der Waals surface area (Å²) < 4.78 is 12.3. The van der Waals surface area contributed by atoms with Crippen molar-refractivity contribution in [3.05, 3.63) is 12.7 Å². The van der Waals surface area contributed by atoms with Gasteiger partial charge in [-0.25, -0.2) is 4.98 Å². The van der Waals surface area contributed by atoms with E-state index in [4.69, 9.17) is 9.47 Å². The highest BCUT2D eigenvalue weighted by atomic mass is 16.5. The lowest BCUT2D eigenvalue weighted by atomic mass is 10.5. The molecule has 114 valence electrons. The van der Waals surface area contributed by atoms with E-state index in [0.29, 0.717) is 31.7 Å². The van der Waals surface area contributed by atoms with Crippen molar-refractivity contribution in [2.75, 3.05) is 25.1 Å². The third kappa shape index (κ3) is 4.63. The first-order valence-corrected chi connectivity index (χ1v) is 6.78. The van der Waals surface area contributed by atoms with Crippen LogP contribution < -0.4 is 10.1 Å². The predicted octanol–water partition coefficient (Wildman–Crippen LogP) is 0.688. The summed E-state index contributed by atoms with van der Waals surface area (Å²) in [6.07, 6.45) is 3.08. The molecule has 0 aromatic carbocycles. The molecule has 2 rings (SSSR count). The predicted molar refractivity (Wildman–Crippen MR) is 75.5 cm³/mol. The second-order valence-electron chi connectivity index (χ2n) is 4.38. The lowest BCUT2D eigenvalue weighted by Crippen LogP contribution is -2.15. The number of hydrogen-bond acceptors (Lipinski definition) is 8. The summed E-state index contributed by atoms with van der Waals surface area (Å²) in [5, 5.41) is 7.02. The molecule has 0 atom stereocenters. The summed E-state index contributed by atoms with van der Waals surface area (Å²) in [6.45, 7) is 7.42. The van der Waals surface area contributed by atoms with Crippen LogP contribution in [0.15, 0.2) is 12.7 Å². The van der Waals surface area contributed by atoms with Crippen molar-refractivity contribution in [3.8, 4) is 12.0 Å². The van der Waals surface area contributed by atoms with Crippen LogP contribution in [0, 0.1) is 0 Å². The van der Waals surface area contributed by atoms with Gasteiger partial charge < -0.3 is 14.8 Å². The number of nitrogens with one attached hydrogen (secondary N) is 1. The van der Waals surface area contributed by atoms with Gasteiger partial charge in [-0.05, 0) is 20.8 Å². The lowest BCUT2D eigenvalue weighted by Gasteiger charge is -2.10. The fourth-order valence-electron chi connectivity index (χ4n) is 1.48. The van der Waals surface area contributed by atoms with Crippen LogP contribution in [0.1, 0.15) is 20.8 Å². The van der Waals surface area contributed by atoms with Gasteiger partial charge in [-0.3, -0.25) is 0 Å². The van der Waals surface area contributed by atoms with Gasteiger partial charge in [0, 0.05) is 6.54 Å². The minimum atomic E-state index is 0.162. The van der Waals surface area contributed by atoms with Crippen LogP contribution in [-0.4, -0.2) is 55.6 Å². The average molecular weight is 293 g/mol. The topological polar surface area (TPSA) is 99.9 Å². The van der Waals surface area contributed by atoms with E-state index in [1.165, 1.54) is 17.3 Å². The zero-order chi connectivity index (χ0) is 15.1. The molecule has 0 aliphatic carbocycles. The molecular weight excluding hydrogens is 274 g/mol. The molecule has 2 aromatic heterocycles. The second-order valence-corrected chi connectivity index (χ2v) is 4.38. The minimum Gasteiger partial charge on any atom is -0.461 e. The maximum absolute atomic E-state index is 5.49. The van der Waals surface area contributed by atoms with Gasteiger partial charge in [0.2, 0.25) is 5.95 Å². The van der Waals surface area contributed by atoms with Gasteiger partial charge in [0.1, 0.15) is 19.3 Å². The monoisotopic (exact) mass is 293 g/mol. The van der Waals surface area contributed by atoms with Crippen LogP contribution in [-0.2, 0) is 4.74 Å². The fraction of sp³-hybridized carbons (Fsp3) is 0.583. The van der Waals surface area contributed by atoms with Gasteiger partial charge >= 0.3 is 6.01 Å². The molecule has 0 bridgehead atoms. The van der Waals surface area contributed by atoms with Gasteiger partial charge in [0.15, 0.2) is 0 Å². The van der Waals surface area contributed by atoms with E-state index in [0.717, 1.165) is 0 Å². The van der Waals surface area contributed by atoms with Crippen molar-refractivity contribution >= 4 is 5.95 Å². The highest BCUT2D eigenvalue weighted by Gasteiger charge is 2.09. The first-order chi connectivity index (χ1) is 10.2. The van der Waals surface area contributed by atoms with Crippen LogP contribution in [0.25, 0.3) is 5.95 Å². The molecule has 0 spiro atoms. The third-order valence-electron chi connectivity index (χ3n) is 2.33. The van der Waals surface area contributed by atoms with Crippen molar-refractivity contribution < 1.29 is 9.47 Å². The SMILES string of the molecule is CCNc1nc(OCCOC(C)C)nc(-n2cncn2)n1. The molecule has 2 aromatic rings. The zero-order valence-corrected chi connectivity index (χ0v) is 12.4. The Labute approximate surface area is 122 Å². The van der Waals surface area contributed by atoms with Gasteiger partial charge in [-0.15, -0.1) is 0 Å². The normalized spacial score (nSPS) is 10.9. The van der Waals surface area contributed by atoms with Gasteiger partial charge in [0.05, 0.1) is 12.7 Å². The van der Waals surface area contributed by atoms with Gasteiger partial charge in [0.25, 0.3) is 5.95 Å². The number of aromatic nitrogens is 6. The summed E-state index contributed by atoms with van der Waals surface area (Å²) in [7, 11) is 0. The van der Waals surface area contributed by atoms with E-state index in [9.17, 15) is 0 Å². The molecule has 0 saturated carbocycles. The maximum Gasteiger partial charge on any atom is 0.323 e. The molecule has 0 saturated heterocycles. The van der Waals surface area contributed by atoms with E-state index in [-0.39, 0.29) is 12.1 Å². The quantitative estimate of drug-likeness (QED) is 0.709. The molecule has 0 fully saturated rings. The Morgan fingerprint density at radius 2 is 2.10 bits per heavy atom. The third-order valence-corrected chi connectivity index (χ3v) is 2.33. The van der Waals surface area contributed by atoms with Crippen molar-refractivity contribution in [1.29, 1.82) is 0 Å². The van der Waals surface area contributed by atoms with Crippen LogP contribution in [0.5, 0.6) is 6.01 Å². The number of anilines is 1. The Balaban J connectivity index is 2.08. The average Bonchev–Trinajstić information content (AvgIpc) is 2.98. The van der Waals surface area contributed by atoms with Crippen LogP contribution >= 0.6 is 0 Å². The Hall–Kier alpha value is -2.29. The largest absolute Gasteiger partial charge is 0.461 e. The molecule has 0 amide bonds. The maximum atomic E-state index is 5.49. The highest BCUT2D eigenvalue weighted by molar-refractivity contribution is 5.29. The van der Waals surface area contributed by atoms with E-state index >= 15 is 0 Å². The fourth-order valence-corrected chi connectivity index (χ4v) is 1.48. The smallest absolute Gasteiger partial charge is 0.323 e. The van der Waals surface area contributed by atoms with Crippen molar-refractivity contribution in [1.82, 2.24) is 29.7 Å². The van der Waals surface area contributed by atoms with Crippen molar-refractivity contribution in [3.63, 3.8) is 0 Å². The Morgan fingerprint density at radius 3 is 2.76 bits per heavy atom. The standard InChI is InChI=1S/C12H19N7O2/c1-4-14-10-16-11(19-8-13-7-15-19)18-12(17-10)21-6-5-20-9(2)3/h7-9H,4-6H2,1-3H3,(H,14,16,17,18). The summed E-state index contributed by atoms with van der Waals surface area (Å²) in [5.74, 6) is 0.774. The minimum absolute atomic E-state index is 0.162. The summed E-state index contributed by atoms with van der Waals surface area (Å²) in [4.78, 5) is 16.5. The number of ether oxygens (including phenoxy) is 2. The Morgan fingerprint density at radius 1 is 1.24 bits per heavy atom. The van der Waals surface area contributed by atoms with Crippen LogP contribution in [0.4, 0.5) is 5.95 Å². The molecular formula is C12H19N7O2. The number of nitrogens with zero attached hydrogens (tertiary/aromatic N) is 6. The van der Waals surface area contributed by atoms with E-state index < -0.39 is 0 Å². The van der Waals surface area contributed by atoms with E-state index in [1.54, 1.807) is 0 Å². The van der Waals surface area contributed by atoms with E-state index in [1.807, 2.05) is 20.8 Å². The first-order valence-electron chi connectivity index (χ1n) is 6.78. The van der Waals surface area contributed by atoms with Crippen molar-refractivity contribution in [2.45, 2.75) is 26.9 Å². The highest BCUT2D eigenvalue weighted by Crippen LogP contribution is 2.10. The second kappa shape index (κ2) is 7.48. The van der Waals surface area contributed by atoms with Crippen LogP contribution in [0.2, 0.25) is 0 Å². The molecule has 9 nitrogen and oxygen atoms in total. The molecule has 1 N–H and O–H groups in total. The molecule has 9 heteroatoms. The molecule has 0 aliphatic heterocycles. The summed E-state index contributed by atoms with van der Waals surface area (Å²) in [5.41, 5.74) is 0. The molecule has 0 aliphatic rings. The summed E-state index contributed by atoms with van der Waals surface area (Å²) >= 11 is 0. The number of rotatable bonds is 8. The van der Waals surface area contributed by atoms with E-state index in [2.05, 4.69) is 30.4 Å².